The quantitative estimate of drug-likeness (QED) is 0.841. The molecular weight excluding hydrogens is 280 g/mol. The van der Waals surface area contributed by atoms with E-state index in [1.807, 2.05) is 18.0 Å². The van der Waals surface area contributed by atoms with Crippen molar-refractivity contribution in [1.29, 1.82) is 0 Å². The molecule has 1 aromatic carbocycles. The van der Waals surface area contributed by atoms with Crippen LogP contribution in [-0.4, -0.2) is 38.8 Å². The van der Waals surface area contributed by atoms with E-state index in [1.54, 1.807) is 0 Å². The first-order valence-electron chi connectivity index (χ1n) is 6.92. The zero-order valence-electron chi connectivity index (χ0n) is 12.8. The number of nitrogens with one attached hydrogen (secondary N) is 1. The van der Waals surface area contributed by atoms with Crippen LogP contribution in [0.4, 0.5) is 5.69 Å². The lowest BCUT2D eigenvalue weighted by Gasteiger charge is -2.17. The van der Waals surface area contributed by atoms with Crippen LogP contribution in [0.15, 0.2) is 46.0 Å². The number of nitrogens with zero attached hydrogens (tertiary/aromatic N) is 2. The molecule has 0 aliphatic carbocycles. The van der Waals surface area contributed by atoms with E-state index in [1.165, 1.54) is 18.2 Å². The molecule has 21 heavy (non-hydrogen) atoms. The molecule has 114 valence electrons. The number of benzene rings is 1. The average Bonchev–Trinajstić information content (AvgIpc) is 2.54. The maximum absolute atomic E-state index is 4.71. The van der Waals surface area contributed by atoms with E-state index in [9.17, 15) is 0 Å². The number of hydrogen-bond donors (Lipinski definition) is 2. The maximum Gasteiger partial charge on any atom is 0.0633 e. The zero-order chi connectivity index (χ0) is 15.5. The van der Waals surface area contributed by atoms with Crippen molar-refractivity contribution in [2.75, 3.05) is 26.4 Å². The van der Waals surface area contributed by atoms with Gasteiger partial charge >= 0.3 is 0 Å². The third-order valence-corrected chi connectivity index (χ3v) is 3.61. The van der Waals surface area contributed by atoms with E-state index in [4.69, 9.17) is 4.99 Å². The molecule has 0 spiro atoms. The second-order valence-corrected chi connectivity index (χ2v) is 5.29. The molecule has 0 radical (unpaired) electrons. The standard InChI is InChI=1S/C15H19N3S.CH5N/c1-16-9-13-7-8-17-10-15(13)18-14-5-3-12(4-6-14)11-19-2;1-2/h3-6,9,17H,1,7-8,10-11H2,2H3;2H2,1H3/b13-9-,18-15?;. The predicted molar refractivity (Wildman–Crippen MR) is 96.0 cm³/mol. The molecule has 0 unspecified atom stereocenters. The number of thioether (sulfide) groups is 1. The van der Waals surface area contributed by atoms with E-state index in [0.717, 1.165) is 36.7 Å². The van der Waals surface area contributed by atoms with E-state index in [-0.39, 0.29) is 0 Å². The molecule has 1 aliphatic heterocycles. The Balaban J connectivity index is 0.00000106. The summed E-state index contributed by atoms with van der Waals surface area (Å²) in [6.07, 6.45) is 4.89. The van der Waals surface area contributed by atoms with E-state index < -0.39 is 0 Å². The third kappa shape index (κ3) is 5.83. The SMILES string of the molecule is C=N/C=C1/CCNCC1=Nc1ccc(CSC)cc1.CN. The molecule has 0 bridgehead atoms. The van der Waals surface area contributed by atoms with E-state index in [2.05, 4.69) is 53.3 Å². The molecule has 0 atom stereocenters. The maximum atomic E-state index is 4.71. The fourth-order valence-corrected chi connectivity index (χ4v) is 2.56. The van der Waals surface area contributed by atoms with Gasteiger partial charge in [0, 0.05) is 18.5 Å². The number of piperidine rings is 1. The second kappa shape index (κ2) is 10.3. The summed E-state index contributed by atoms with van der Waals surface area (Å²) in [6.45, 7) is 5.30. The molecule has 2 rings (SSSR count). The van der Waals surface area contributed by atoms with Gasteiger partial charge in [0.25, 0.3) is 0 Å². The Morgan fingerprint density at radius 3 is 2.67 bits per heavy atom. The lowest BCUT2D eigenvalue weighted by Crippen LogP contribution is -2.31. The first-order valence-corrected chi connectivity index (χ1v) is 8.32. The van der Waals surface area contributed by atoms with Crippen LogP contribution in [0.25, 0.3) is 0 Å². The lowest BCUT2D eigenvalue weighted by molar-refractivity contribution is 0.731. The van der Waals surface area contributed by atoms with Crippen LogP contribution < -0.4 is 11.1 Å². The van der Waals surface area contributed by atoms with Crippen LogP contribution in [0.5, 0.6) is 0 Å². The Hall–Kier alpha value is -1.43. The largest absolute Gasteiger partial charge is 0.333 e. The van der Waals surface area contributed by atoms with Gasteiger partial charge in [0.1, 0.15) is 0 Å². The Labute approximate surface area is 131 Å². The van der Waals surface area contributed by atoms with Crippen molar-refractivity contribution in [1.82, 2.24) is 5.32 Å². The minimum absolute atomic E-state index is 0.800. The first kappa shape index (κ1) is 17.6. The highest BCUT2D eigenvalue weighted by molar-refractivity contribution is 7.97. The van der Waals surface area contributed by atoms with Gasteiger partial charge in [0.15, 0.2) is 0 Å². The second-order valence-electron chi connectivity index (χ2n) is 4.42. The first-order chi connectivity index (χ1) is 10.3. The summed E-state index contributed by atoms with van der Waals surface area (Å²) in [5.41, 5.74) is 9.08. The molecule has 1 aromatic rings. The van der Waals surface area contributed by atoms with Gasteiger partial charge in [0.2, 0.25) is 0 Å². The Morgan fingerprint density at radius 2 is 2.05 bits per heavy atom. The van der Waals surface area contributed by atoms with E-state index in [0.29, 0.717) is 0 Å². The van der Waals surface area contributed by atoms with Crippen LogP contribution in [0, 0.1) is 0 Å². The summed E-state index contributed by atoms with van der Waals surface area (Å²) >= 11 is 1.83. The predicted octanol–water partition coefficient (Wildman–Crippen LogP) is 2.77. The third-order valence-electron chi connectivity index (χ3n) is 2.99. The van der Waals surface area contributed by atoms with Crippen molar-refractivity contribution in [2.45, 2.75) is 12.2 Å². The van der Waals surface area contributed by atoms with Gasteiger partial charge in [-0.2, -0.15) is 11.8 Å². The van der Waals surface area contributed by atoms with Crippen LogP contribution in [-0.2, 0) is 5.75 Å². The average molecular weight is 304 g/mol. The molecule has 4 nitrogen and oxygen atoms in total. The highest BCUT2D eigenvalue weighted by Gasteiger charge is 2.12. The monoisotopic (exact) mass is 304 g/mol. The molecule has 0 aromatic heterocycles. The number of aliphatic imine (C=N–C) groups is 2. The summed E-state index contributed by atoms with van der Waals surface area (Å²) < 4.78 is 0. The molecule has 1 fully saturated rings. The minimum Gasteiger partial charge on any atom is -0.333 e. The summed E-state index contributed by atoms with van der Waals surface area (Å²) in [4.78, 5) is 8.58. The van der Waals surface area contributed by atoms with Crippen LogP contribution in [0.1, 0.15) is 12.0 Å². The summed E-state index contributed by atoms with van der Waals surface area (Å²) in [7, 11) is 1.50. The van der Waals surface area contributed by atoms with Crippen molar-refractivity contribution in [3.63, 3.8) is 0 Å². The van der Waals surface area contributed by atoms with Gasteiger partial charge in [-0.15, -0.1) is 0 Å². The lowest BCUT2D eigenvalue weighted by atomic mass is 10.0. The summed E-state index contributed by atoms with van der Waals surface area (Å²) in [6, 6.07) is 8.43. The van der Waals surface area contributed by atoms with E-state index >= 15 is 0 Å². The molecule has 3 N–H and O–H groups in total. The van der Waals surface area contributed by atoms with Gasteiger partial charge in [0.05, 0.1) is 11.4 Å². The molecule has 0 saturated carbocycles. The molecule has 0 amide bonds. The van der Waals surface area contributed by atoms with Crippen molar-refractivity contribution >= 4 is 29.9 Å². The van der Waals surface area contributed by atoms with Crippen LogP contribution in [0.3, 0.4) is 0 Å². The Morgan fingerprint density at radius 1 is 1.33 bits per heavy atom. The smallest absolute Gasteiger partial charge is 0.0633 e. The fourth-order valence-electron chi connectivity index (χ4n) is 2.04. The molecule has 1 heterocycles. The molecule has 5 heteroatoms. The summed E-state index contributed by atoms with van der Waals surface area (Å²) in [5, 5.41) is 3.34. The van der Waals surface area contributed by atoms with Gasteiger partial charge in [-0.05, 0) is 56.3 Å². The Kier molecular flexibility index (Phi) is 8.66. The van der Waals surface area contributed by atoms with Crippen LogP contribution >= 0.6 is 11.8 Å². The molecular formula is C16H24N4S. The minimum atomic E-state index is 0.800. The van der Waals surface area contributed by atoms with Gasteiger partial charge in [-0.25, -0.2) is 0 Å². The number of rotatable bonds is 4. The molecule has 1 saturated heterocycles. The number of hydrogen-bond acceptors (Lipinski definition) is 5. The molecule has 1 aliphatic rings. The van der Waals surface area contributed by atoms with Gasteiger partial charge in [-0.3, -0.25) is 9.98 Å². The van der Waals surface area contributed by atoms with Crippen molar-refractivity contribution in [3.8, 4) is 0 Å². The van der Waals surface area contributed by atoms with Crippen molar-refractivity contribution in [2.24, 2.45) is 15.7 Å². The Bertz CT molecular complexity index is 492. The van der Waals surface area contributed by atoms with Crippen LogP contribution in [0.2, 0.25) is 0 Å². The fraction of sp³-hybridized carbons (Fsp3) is 0.375. The van der Waals surface area contributed by atoms with Gasteiger partial charge in [-0.1, -0.05) is 12.1 Å². The summed E-state index contributed by atoms with van der Waals surface area (Å²) in [5.74, 6) is 1.05. The highest BCUT2D eigenvalue weighted by Crippen LogP contribution is 2.19. The normalized spacial score (nSPS) is 18.2. The highest BCUT2D eigenvalue weighted by atomic mass is 32.2. The van der Waals surface area contributed by atoms with Gasteiger partial charge < -0.3 is 11.1 Å². The zero-order valence-corrected chi connectivity index (χ0v) is 13.6. The topological polar surface area (TPSA) is 62.8 Å². The van der Waals surface area contributed by atoms with Crippen molar-refractivity contribution < 1.29 is 0 Å². The van der Waals surface area contributed by atoms with Crippen molar-refractivity contribution in [3.05, 3.63) is 41.6 Å². The number of nitrogens with two attached hydrogens (primary N) is 1.